The standard InChI is InChI=1S/C21H32O3/c1-2-3-4-8-19(22)13-12-17-10-11-18-14-16(15-20(17)18)7-5-6-9-21(23)24/h7,10,12-13,18-20,22H,2-6,8-9,11,14-15H2,1H3,(H,23,24)/b13-12+,16-7+/t18-,19?,20-/m1/s1. The maximum absolute atomic E-state index is 10.6. The molecular formula is C21H32O3. The van der Waals surface area contributed by atoms with E-state index in [1.54, 1.807) is 0 Å². The Bertz CT molecular complexity index is 501. The van der Waals surface area contributed by atoms with E-state index in [1.165, 1.54) is 24.0 Å². The highest BCUT2D eigenvalue weighted by atomic mass is 16.4. The Morgan fingerprint density at radius 3 is 2.92 bits per heavy atom. The first-order valence-electron chi connectivity index (χ1n) is 9.56. The Balaban J connectivity index is 1.77. The Hall–Kier alpha value is -1.35. The van der Waals surface area contributed by atoms with E-state index < -0.39 is 5.97 Å². The third kappa shape index (κ3) is 5.94. The summed E-state index contributed by atoms with van der Waals surface area (Å²) in [7, 11) is 0. The fourth-order valence-electron chi connectivity index (χ4n) is 3.93. The molecule has 24 heavy (non-hydrogen) atoms. The third-order valence-electron chi connectivity index (χ3n) is 5.30. The van der Waals surface area contributed by atoms with Crippen LogP contribution in [0.25, 0.3) is 0 Å². The van der Waals surface area contributed by atoms with Crippen LogP contribution < -0.4 is 0 Å². The number of aliphatic carboxylic acids is 1. The normalized spacial score (nSPS) is 26.1. The molecule has 0 aliphatic heterocycles. The maximum Gasteiger partial charge on any atom is 0.303 e. The molecule has 1 unspecified atom stereocenters. The van der Waals surface area contributed by atoms with E-state index in [4.69, 9.17) is 5.11 Å². The van der Waals surface area contributed by atoms with Crippen molar-refractivity contribution in [2.75, 3.05) is 0 Å². The number of rotatable bonds is 10. The molecule has 0 radical (unpaired) electrons. The van der Waals surface area contributed by atoms with Crippen molar-refractivity contribution < 1.29 is 15.0 Å². The lowest BCUT2D eigenvalue weighted by Crippen LogP contribution is -2.04. The second-order valence-electron chi connectivity index (χ2n) is 7.29. The monoisotopic (exact) mass is 332 g/mol. The van der Waals surface area contributed by atoms with E-state index in [9.17, 15) is 9.90 Å². The van der Waals surface area contributed by atoms with Crippen molar-refractivity contribution in [1.29, 1.82) is 0 Å². The first-order chi connectivity index (χ1) is 11.6. The fourth-order valence-corrected chi connectivity index (χ4v) is 3.93. The highest BCUT2D eigenvalue weighted by molar-refractivity contribution is 5.66. The molecule has 0 heterocycles. The summed E-state index contributed by atoms with van der Waals surface area (Å²) in [6.45, 7) is 2.18. The molecule has 2 aliphatic rings. The SMILES string of the molecule is CCCCCC(O)/C=C/C1=CC[C@@H]2C/C(=C\CCCC(=O)O)C[C@H]12. The molecular weight excluding hydrogens is 300 g/mol. The molecule has 0 aromatic heterocycles. The van der Waals surface area contributed by atoms with Crippen LogP contribution >= 0.6 is 0 Å². The zero-order valence-electron chi connectivity index (χ0n) is 14.9. The van der Waals surface area contributed by atoms with Gasteiger partial charge in [-0.2, -0.15) is 0 Å². The number of hydrogen-bond acceptors (Lipinski definition) is 2. The number of allylic oxidation sites excluding steroid dienone is 5. The summed E-state index contributed by atoms with van der Waals surface area (Å²) in [4.78, 5) is 10.6. The number of unbranched alkanes of at least 4 members (excludes halogenated alkanes) is 3. The zero-order chi connectivity index (χ0) is 17.4. The van der Waals surface area contributed by atoms with E-state index in [1.807, 2.05) is 6.08 Å². The summed E-state index contributed by atoms with van der Waals surface area (Å²) >= 11 is 0. The van der Waals surface area contributed by atoms with Crippen LogP contribution in [-0.4, -0.2) is 22.3 Å². The highest BCUT2D eigenvalue weighted by Gasteiger charge is 2.34. The van der Waals surface area contributed by atoms with Gasteiger partial charge in [-0.3, -0.25) is 4.79 Å². The molecule has 0 saturated heterocycles. The van der Waals surface area contributed by atoms with Gasteiger partial charge in [-0.1, -0.05) is 56.1 Å². The lowest BCUT2D eigenvalue weighted by Gasteiger charge is -2.11. The van der Waals surface area contributed by atoms with E-state index >= 15 is 0 Å². The first kappa shape index (κ1) is 19.0. The number of carboxylic acid groups (broad SMARTS) is 1. The fraction of sp³-hybridized carbons (Fsp3) is 0.667. The summed E-state index contributed by atoms with van der Waals surface area (Å²) in [6, 6.07) is 0. The molecule has 2 rings (SSSR count). The number of aliphatic hydroxyl groups excluding tert-OH is 1. The van der Waals surface area contributed by atoms with Gasteiger partial charge in [-0.15, -0.1) is 0 Å². The van der Waals surface area contributed by atoms with Gasteiger partial charge in [0.15, 0.2) is 0 Å². The molecule has 1 saturated carbocycles. The average molecular weight is 332 g/mol. The van der Waals surface area contributed by atoms with Crippen molar-refractivity contribution in [3.63, 3.8) is 0 Å². The highest BCUT2D eigenvalue weighted by Crippen LogP contribution is 2.47. The molecule has 0 amide bonds. The van der Waals surface area contributed by atoms with Crippen LogP contribution in [0.4, 0.5) is 0 Å². The van der Waals surface area contributed by atoms with E-state index in [0.717, 1.165) is 44.9 Å². The molecule has 2 aliphatic carbocycles. The molecule has 0 aromatic rings. The van der Waals surface area contributed by atoms with Gasteiger partial charge in [0.05, 0.1) is 6.10 Å². The number of fused-ring (bicyclic) bond motifs is 1. The summed E-state index contributed by atoms with van der Waals surface area (Å²) in [5.74, 6) is 0.618. The third-order valence-corrected chi connectivity index (χ3v) is 5.30. The Morgan fingerprint density at radius 1 is 1.33 bits per heavy atom. The van der Waals surface area contributed by atoms with Gasteiger partial charge in [0.2, 0.25) is 0 Å². The number of aliphatic hydroxyl groups is 1. The largest absolute Gasteiger partial charge is 0.481 e. The summed E-state index contributed by atoms with van der Waals surface area (Å²) in [5.41, 5.74) is 2.89. The van der Waals surface area contributed by atoms with Crippen molar-refractivity contribution >= 4 is 5.97 Å². The van der Waals surface area contributed by atoms with Gasteiger partial charge in [-0.25, -0.2) is 0 Å². The lowest BCUT2D eigenvalue weighted by molar-refractivity contribution is -0.137. The predicted molar refractivity (Wildman–Crippen MR) is 97.8 cm³/mol. The first-order valence-corrected chi connectivity index (χ1v) is 9.56. The zero-order valence-corrected chi connectivity index (χ0v) is 14.9. The lowest BCUT2D eigenvalue weighted by atomic mass is 9.94. The number of hydrogen-bond donors (Lipinski definition) is 2. The van der Waals surface area contributed by atoms with Crippen molar-refractivity contribution in [3.8, 4) is 0 Å². The minimum atomic E-state index is -0.704. The van der Waals surface area contributed by atoms with Gasteiger partial charge >= 0.3 is 5.97 Å². The minimum absolute atomic E-state index is 0.264. The van der Waals surface area contributed by atoms with Gasteiger partial charge in [0.1, 0.15) is 0 Å². The average Bonchev–Trinajstić information content (AvgIpc) is 3.10. The van der Waals surface area contributed by atoms with Gasteiger partial charge in [0.25, 0.3) is 0 Å². The number of carboxylic acids is 1. The Morgan fingerprint density at radius 2 is 2.17 bits per heavy atom. The quantitative estimate of drug-likeness (QED) is 0.436. The minimum Gasteiger partial charge on any atom is -0.481 e. The summed E-state index contributed by atoms with van der Waals surface area (Å²) in [6.07, 6.45) is 18.0. The molecule has 2 N–H and O–H groups in total. The van der Waals surface area contributed by atoms with Crippen molar-refractivity contribution in [2.45, 2.75) is 77.2 Å². The van der Waals surface area contributed by atoms with Crippen LogP contribution in [0.2, 0.25) is 0 Å². The van der Waals surface area contributed by atoms with Crippen molar-refractivity contribution in [3.05, 3.63) is 35.5 Å². The smallest absolute Gasteiger partial charge is 0.303 e. The van der Waals surface area contributed by atoms with Crippen LogP contribution in [0.3, 0.4) is 0 Å². The van der Waals surface area contributed by atoms with Crippen LogP contribution in [-0.2, 0) is 4.79 Å². The van der Waals surface area contributed by atoms with Crippen molar-refractivity contribution in [2.24, 2.45) is 11.8 Å². The van der Waals surface area contributed by atoms with Gasteiger partial charge in [0, 0.05) is 6.42 Å². The maximum atomic E-state index is 10.6. The second-order valence-corrected chi connectivity index (χ2v) is 7.29. The van der Waals surface area contributed by atoms with Crippen LogP contribution in [0.1, 0.15) is 71.1 Å². The van der Waals surface area contributed by atoms with E-state index in [2.05, 4.69) is 25.2 Å². The van der Waals surface area contributed by atoms with Crippen LogP contribution in [0.15, 0.2) is 35.5 Å². The van der Waals surface area contributed by atoms with E-state index in [-0.39, 0.29) is 12.5 Å². The Kier molecular flexibility index (Phi) is 7.77. The number of carbonyl (C=O) groups is 1. The molecule has 3 atom stereocenters. The van der Waals surface area contributed by atoms with Crippen molar-refractivity contribution in [1.82, 2.24) is 0 Å². The molecule has 1 fully saturated rings. The van der Waals surface area contributed by atoms with E-state index in [0.29, 0.717) is 11.8 Å². The van der Waals surface area contributed by atoms with Gasteiger partial charge < -0.3 is 10.2 Å². The van der Waals surface area contributed by atoms with Gasteiger partial charge in [-0.05, 0) is 55.9 Å². The topological polar surface area (TPSA) is 57.5 Å². The van der Waals surface area contributed by atoms with Crippen LogP contribution in [0, 0.1) is 11.8 Å². The molecule has 3 heteroatoms. The predicted octanol–water partition coefficient (Wildman–Crippen LogP) is 5.02. The molecule has 0 aromatic carbocycles. The molecule has 3 nitrogen and oxygen atoms in total. The second kappa shape index (κ2) is 9.83. The van der Waals surface area contributed by atoms with Crippen LogP contribution in [0.5, 0.6) is 0 Å². The summed E-state index contributed by atoms with van der Waals surface area (Å²) < 4.78 is 0. The molecule has 0 bridgehead atoms. The molecule has 0 spiro atoms. The molecule has 134 valence electrons. The summed E-state index contributed by atoms with van der Waals surface area (Å²) in [5, 5.41) is 18.7. The Labute approximate surface area is 146 Å².